The zero-order chi connectivity index (χ0) is 7.11. The van der Waals surface area contributed by atoms with Crippen molar-refractivity contribution < 1.29 is 0 Å². The van der Waals surface area contributed by atoms with Crippen LogP contribution in [0.4, 0.5) is 0 Å². The highest BCUT2D eigenvalue weighted by Crippen LogP contribution is 1.94. The molecule has 0 saturated heterocycles. The molecule has 1 heteroatoms. The molecule has 0 amide bonds. The lowest BCUT2D eigenvalue weighted by molar-refractivity contribution is 1.29. The van der Waals surface area contributed by atoms with Crippen molar-refractivity contribution in [3.05, 3.63) is 24.4 Å². The lowest BCUT2D eigenvalue weighted by atomic mass is 10.4. The van der Waals surface area contributed by atoms with E-state index >= 15 is 0 Å². The van der Waals surface area contributed by atoms with Crippen LogP contribution in [-0.4, -0.2) is 6.21 Å². The molecule has 0 fully saturated rings. The molecule has 0 bridgehead atoms. The molecule has 0 aliphatic heterocycles. The van der Waals surface area contributed by atoms with E-state index in [-0.39, 0.29) is 0 Å². The van der Waals surface area contributed by atoms with Gasteiger partial charge in [0.15, 0.2) is 0 Å². The van der Waals surface area contributed by atoms with Crippen LogP contribution in [0.1, 0.15) is 20.3 Å². The lowest BCUT2D eigenvalue weighted by Gasteiger charge is -1.86. The van der Waals surface area contributed by atoms with Gasteiger partial charge in [-0.15, -0.1) is 0 Å². The summed E-state index contributed by atoms with van der Waals surface area (Å²) in [5, 5.41) is 0. The van der Waals surface area contributed by atoms with E-state index < -0.39 is 0 Å². The van der Waals surface area contributed by atoms with Gasteiger partial charge in [0.05, 0.1) is 5.70 Å². The summed E-state index contributed by atoms with van der Waals surface area (Å²) in [5.74, 6) is 0. The molecule has 50 valence electrons. The molecule has 0 aliphatic rings. The van der Waals surface area contributed by atoms with Crippen molar-refractivity contribution in [2.75, 3.05) is 0 Å². The van der Waals surface area contributed by atoms with Gasteiger partial charge in [-0.25, -0.2) is 0 Å². The van der Waals surface area contributed by atoms with Gasteiger partial charge in [0.2, 0.25) is 0 Å². The monoisotopic (exact) mass is 123 g/mol. The van der Waals surface area contributed by atoms with Crippen LogP contribution >= 0.6 is 0 Å². The van der Waals surface area contributed by atoms with E-state index in [1.54, 1.807) is 6.08 Å². The number of allylic oxidation sites excluding steroid dienone is 2. The molecule has 0 unspecified atom stereocenters. The first kappa shape index (κ1) is 8.15. The van der Waals surface area contributed by atoms with Gasteiger partial charge < -0.3 is 0 Å². The summed E-state index contributed by atoms with van der Waals surface area (Å²) < 4.78 is 0. The van der Waals surface area contributed by atoms with Crippen molar-refractivity contribution >= 4 is 6.21 Å². The minimum Gasteiger partial charge on any atom is -0.262 e. The highest BCUT2D eigenvalue weighted by molar-refractivity contribution is 5.58. The molecular formula is C8H13N. The third kappa shape index (κ3) is 3.71. The van der Waals surface area contributed by atoms with Crippen LogP contribution in [0.2, 0.25) is 0 Å². The smallest absolute Gasteiger partial charge is 0.0577 e. The predicted octanol–water partition coefficient (Wildman–Crippen LogP) is 2.56. The Labute approximate surface area is 56.8 Å². The molecule has 0 heterocycles. The van der Waals surface area contributed by atoms with E-state index in [0.717, 1.165) is 12.1 Å². The second-order valence-corrected chi connectivity index (χ2v) is 1.64. The van der Waals surface area contributed by atoms with Crippen LogP contribution in [0, 0.1) is 0 Å². The Kier molecular flexibility index (Phi) is 4.79. The zero-order valence-corrected chi connectivity index (χ0v) is 6.09. The molecule has 0 aromatic carbocycles. The van der Waals surface area contributed by atoms with Gasteiger partial charge in [-0.3, -0.25) is 4.99 Å². The van der Waals surface area contributed by atoms with E-state index in [0.29, 0.717) is 0 Å². The second kappa shape index (κ2) is 5.29. The van der Waals surface area contributed by atoms with Crippen molar-refractivity contribution in [3.8, 4) is 0 Å². The van der Waals surface area contributed by atoms with E-state index in [4.69, 9.17) is 0 Å². The molecule has 0 aliphatic carbocycles. The van der Waals surface area contributed by atoms with Crippen LogP contribution in [0.15, 0.2) is 29.4 Å². The standard InChI is InChI=1S/C8H13N/c1-4-7-9-8(5-2)6-3/h5-7H,2,4H2,1,3H3/b8-6-,9-7?. The molecule has 0 radical (unpaired) electrons. The largest absolute Gasteiger partial charge is 0.262 e. The molecule has 1 nitrogen and oxygen atoms in total. The number of rotatable bonds is 3. The third-order valence-electron chi connectivity index (χ3n) is 0.928. The lowest BCUT2D eigenvalue weighted by Crippen LogP contribution is -1.71. The fourth-order valence-electron chi connectivity index (χ4n) is 0.442. The number of hydrogen-bond acceptors (Lipinski definition) is 1. The summed E-state index contributed by atoms with van der Waals surface area (Å²) in [6.45, 7) is 7.61. The molecule has 0 saturated carbocycles. The van der Waals surface area contributed by atoms with Crippen molar-refractivity contribution in [1.29, 1.82) is 0 Å². The van der Waals surface area contributed by atoms with E-state index in [9.17, 15) is 0 Å². The summed E-state index contributed by atoms with van der Waals surface area (Å²) >= 11 is 0. The van der Waals surface area contributed by atoms with Crippen LogP contribution in [0.3, 0.4) is 0 Å². The summed E-state index contributed by atoms with van der Waals surface area (Å²) in [6, 6.07) is 0. The summed E-state index contributed by atoms with van der Waals surface area (Å²) in [7, 11) is 0. The normalized spacial score (nSPS) is 12.4. The Morgan fingerprint density at radius 1 is 1.67 bits per heavy atom. The van der Waals surface area contributed by atoms with Crippen LogP contribution < -0.4 is 0 Å². The molecule has 0 aromatic heterocycles. The maximum atomic E-state index is 4.10. The van der Waals surface area contributed by atoms with Crippen molar-refractivity contribution in [2.45, 2.75) is 20.3 Å². The Morgan fingerprint density at radius 2 is 2.33 bits per heavy atom. The van der Waals surface area contributed by atoms with Gasteiger partial charge >= 0.3 is 0 Å². The quantitative estimate of drug-likeness (QED) is 0.404. The molecule has 0 spiro atoms. The SMILES string of the molecule is C=C/C(=C/C)N=CCC. The van der Waals surface area contributed by atoms with E-state index in [2.05, 4.69) is 18.5 Å². The Morgan fingerprint density at radius 3 is 2.67 bits per heavy atom. The minimum atomic E-state index is 0.942. The summed E-state index contributed by atoms with van der Waals surface area (Å²) in [4.78, 5) is 4.10. The average Bonchev–Trinajstić information content (AvgIpc) is 1.91. The average molecular weight is 123 g/mol. The van der Waals surface area contributed by atoms with E-state index in [1.807, 2.05) is 19.2 Å². The highest BCUT2D eigenvalue weighted by Gasteiger charge is 1.77. The molecular weight excluding hydrogens is 110 g/mol. The second-order valence-electron chi connectivity index (χ2n) is 1.64. The van der Waals surface area contributed by atoms with Gasteiger partial charge in [-0.05, 0) is 19.4 Å². The Bertz CT molecular complexity index is 132. The Hall–Kier alpha value is -0.850. The van der Waals surface area contributed by atoms with Crippen molar-refractivity contribution in [1.82, 2.24) is 0 Å². The summed E-state index contributed by atoms with van der Waals surface area (Å²) in [6.07, 6.45) is 6.52. The number of aliphatic imine (C=N–C) groups is 1. The first-order chi connectivity index (χ1) is 4.35. The molecule has 0 rings (SSSR count). The number of nitrogens with zero attached hydrogens (tertiary/aromatic N) is 1. The molecule has 9 heavy (non-hydrogen) atoms. The molecule has 0 aromatic rings. The van der Waals surface area contributed by atoms with Gasteiger partial charge in [-0.1, -0.05) is 19.6 Å². The van der Waals surface area contributed by atoms with Crippen LogP contribution in [-0.2, 0) is 0 Å². The van der Waals surface area contributed by atoms with Crippen LogP contribution in [0.5, 0.6) is 0 Å². The van der Waals surface area contributed by atoms with Gasteiger partial charge in [0, 0.05) is 6.21 Å². The molecule has 0 N–H and O–H groups in total. The maximum Gasteiger partial charge on any atom is 0.0577 e. The fraction of sp³-hybridized carbons (Fsp3) is 0.375. The predicted molar refractivity (Wildman–Crippen MR) is 42.7 cm³/mol. The first-order valence-corrected chi connectivity index (χ1v) is 3.16. The highest BCUT2D eigenvalue weighted by atomic mass is 14.7. The molecule has 0 atom stereocenters. The summed E-state index contributed by atoms with van der Waals surface area (Å²) in [5.41, 5.74) is 0.942. The van der Waals surface area contributed by atoms with Gasteiger partial charge in [0.25, 0.3) is 0 Å². The Balaban J connectivity index is 3.84. The van der Waals surface area contributed by atoms with Gasteiger partial charge in [0.1, 0.15) is 0 Å². The minimum absolute atomic E-state index is 0.942. The van der Waals surface area contributed by atoms with Gasteiger partial charge in [-0.2, -0.15) is 0 Å². The number of hydrogen-bond donors (Lipinski definition) is 0. The maximum absolute atomic E-state index is 4.10. The van der Waals surface area contributed by atoms with Crippen molar-refractivity contribution in [3.63, 3.8) is 0 Å². The third-order valence-corrected chi connectivity index (χ3v) is 0.928. The first-order valence-electron chi connectivity index (χ1n) is 3.16. The zero-order valence-electron chi connectivity index (χ0n) is 6.09. The van der Waals surface area contributed by atoms with Crippen molar-refractivity contribution in [2.24, 2.45) is 4.99 Å². The van der Waals surface area contributed by atoms with E-state index in [1.165, 1.54) is 0 Å². The fourth-order valence-corrected chi connectivity index (χ4v) is 0.442. The van der Waals surface area contributed by atoms with Crippen LogP contribution in [0.25, 0.3) is 0 Å². The topological polar surface area (TPSA) is 12.4 Å².